The number of rotatable bonds is 5. The van der Waals surface area contributed by atoms with Gasteiger partial charge in [0.05, 0.1) is 7.11 Å². The zero-order chi connectivity index (χ0) is 18.8. The maximum absolute atomic E-state index is 5.98. The van der Waals surface area contributed by atoms with E-state index in [1.54, 1.807) is 7.11 Å². The number of nitrogens with one attached hydrogen (secondary N) is 3. The molecule has 2 heterocycles. The van der Waals surface area contributed by atoms with Crippen LogP contribution in [0.3, 0.4) is 0 Å². The van der Waals surface area contributed by atoms with E-state index in [9.17, 15) is 0 Å². The van der Waals surface area contributed by atoms with Crippen LogP contribution in [0.2, 0.25) is 5.02 Å². The van der Waals surface area contributed by atoms with Gasteiger partial charge >= 0.3 is 0 Å². The largest absolute Gasteiger partial charge is 0.497 e. The molecule has 0 unspecified atom stereocenters. The van der Waals surface area contributed by atoms with Crippen LogP contribution in [0.4, 0.5) is 23.1 Å². The van der Waals surface area contributed by atoms with Crippen LogP contribution >= 0.6 is 11.6 Å². The molecular weight excluding hydrogens is 362 g/mol. The predicted octanol–water partition coefficient (Wildman–Crippen LogP) is 5.42. The van der Waals surface area contributed by atoms with Gasteiger partial charge in [0, 0.05) is 27.9 Å². The van der Waals surface area contributed by atoms with Gasteiger partial charge in [-0.25, -0.2) is 4.98 Å². The molecular formula is C20H18ClN5O. The monoisotopic (exact) mass is 379 g/mol. The number of fused-ring (bicyclic) bond motifs is 1. The Balaban J connectivity index is 1.77. The molecule has 2 aromatic heterocycles. The number of nitrogens with zero attached hydrogens (tertiary/aromatic N) is 2. The predicted molar refractivity (Wildman–Crippen MR) is 110 cm³/mol. The second-order valence-corrected chi connectivity index (χ2v) is 6.57. The Labute approximate surface area is 161 Å². The Hall–Kier alpha value is -3.25. The molecule has 0 fully saturated rings. The first-order chi connectivity index (χ1) is 13.1. The summed E-state index contributed by atoms with van der Waals surface area (Å²) in [6.45, 7) is 1.95. The van der Waals surface area contributed by atoms with Crippen molar-refractivity contribution >= 4 is 45.5 Å². The minimum absolute atomic E-state index is 0.679. The zero-order valence-electron chi connectivity index (χ0n) is 14.9. The summed E-state index contributed by atoms with van der Waals surface area (Å²) < 4.78 is 5.36. The number of pyridine rings is 1. The third-order valence-corrected chi connectivity index (χ3v) is 4.36. The Morgan fingerprint density at radius 1 is 0.963 bits per heavy atom. The summed E-state index contributed by atoms with van der Waals surface area (Å²) in [7, 11) is 1.65. The highest BCUT2D eigenvalue weighted by Gasteiger charge is 2.09. The molecule has 0 saturated carbocycles. The number of aromatic nitrogens is 3. The van der Waals surface area contributed by atoms with Crippen LogP contribution < -0.4 is 15.4 Å². The molecule has 0 spiro atoms. The Bertz CT molecular complexity index is 1090. The number of hydrogen-bond acceptors (Lipinski definition) is 5. The molecule has 0 saturated heterocycles. The first-order valence-corrected chi connectivity index (χ1v) is 8.79. The Morgan fingerprint density at radius 2 is 1.78 bits per heavy atom. The molecule has 0 amide bonds. The Morgan fingerprint density at radius 3 is 2.48 bits per heavy atom. The average Bonchev–Trinajstić information content (AvgIpc) is 3.07. The van der Waals surface area contributed by atoms with Gasteiger partial charge in [-0.1, -0.05) is 11.6 Å². The van der Waals surface area contributed by atoms with Gasteiger partial charge < -0.3 is 15.4 Å². The molecule has 136 valence electrons. The number of anilines is 4. The van der Waals surface area contributed by atoms with E-state index in [0.29, 0.717) is 16.7 Å². The van der Waals surface area contributed by atoms with Crippen LogP contribution in [0, 0.1) is 6.92 Å². The highest BCUT2D eigenvalue weighted by Crippen LogP contribution is 2.31. The fraction of sp³-hybridized carbons (Fsp3) is 0.100. The molecule has 0 aliphatic heterocycles. The molecule has 7 heteroatoms. The fourth-order valence-electron chi connectivity index (χ4n) is 2.81. The van der Waals surface area contributed by atoms with Crippen LogP contribution in [-0.4, -0.2) is 22.3 Å². The average molecular weight is 380 g/mol. The van der Waals surface area contributed by atoms with Gasteiger partial charge in [-0.3, -0.25) is 5.10 Å². The number of benzene rings is 2. The number of hydrogen-bond donors (Lipinski definition) is 3. The van der Waals surface area contributed by atoms with Gasteiger partial charge in [-0.05, 0) is 60.8 Å². The van der Waals surface area contributed by atoms with E-state index in [1.807, 2.05) is 61.5 Å². The quantitative estimate of drug-likeness (QED) is 0.432. The molecule has 4 aromatic rings. The summed E-state index contributed by atoms with van der Waals surface area (Å²) in [6, 6.07) is 17.3. The van der Waals surface area contributed by atoms with Gasteiger partial charge in [0.1, 0.15) is 17.4 Å². The molecule has 2 aromatic carbocycles. The van der Waals surface area contributed by atoms with Crippen LogP contribution in [0.25, 0.3) is 10.8 Å². The molecule has 0 atom stereocenters. The third-order valence-electron chi connectivity index (χ3n) is 4.11. The van der Waals surface area contributed by atoms with E-state index in [1.165, 1.54) is 0 Å². The van der Waals surface area contributed by atoms with Gasteiger partial charge in [0.25, 0.3) is 0 Å². The summed E-state index contributed by atoms with van der Waals surface area (Å²) in [5.74, 6) is 2.90. The maximum Gasteiger partial charge on any atom is 0.153 e. The van der Waals surface area contributed by atoms with Crippen LogP contribution in [0.15, 0.2) is 54.6 Å². The standard InChI is InChI=1S/C20H18ClN5O/c1-12-9-19(26-25-12)23-18-11-13-10-16(27-2)7-8-17(13)20(24-18)22-15-5-3-14(21)4-6-15/h3-11H,1-2H3,(H3,22,23,24,25,26). The maximum atomic E-state index is 5.98. The highest BCUT2D eigenvalue weighted by atomic mass is 35.5. The van der Waals surface area contributed by atoms with Crippen molar-refractivity contribution in [3.05, 3.63) is 65.3 Å². The van der Waals surface area contributed by atoms with Crippen molar-refractivity contribution in [3.8, 4) is 5.75 Å². The SMILES string of the molecule is COc1ccc2c(Nc3ccc(Cl)cc3)nc(Nc3cc(C)[nH]n3)cc2c1. The van der Waals surface area contributed by atoms with Crippen molar-refractivity contribution in [2.24, 2.45) is 0 Å². The molecule has 4 rings (SSSR count). The van der Waals surface area contributed by atoms with Gasteiger partial charge in [-0.15, -0.1) is 0 Å². The van der Waals surface area contributed by atoms with Crippen LogP contribution in [0.1, 0.15) is 5.69 Å². The van der Waals surface area contributed by atoms with Crippen molar-refractivity contribution in [1.29, 1.82) is 0 Å². The molecule has 3 N–H and O–H groups in total. The summed E-state index contributed by atoms with van der Waals surface area (Å²) >= 11 is 5.98. The molecule has 0 aliphatic rings. The van der Waals surface area contributed by atoms with E-state index >= 15 is 0 Å². The number of halogens is 1. The number of H-pyrrole nitrogens is 1. The number of ether oxygens (including phenoxy) is 1. The van der Waals surface area contributed by atoms with E-state index in [-0.39, 0.29) is 0 Å². The number of methoxy groups -OCH3 is 1. The lowest BCUT2D eigenvalue weighted by Gasteiger charge is -2.13. The molecule has 0 bridgehead atoms. The smallest absolute Gasteiger partial charge is 0.153 e. The van der Waals surface area contributed by atoms with E-state index in [2.05, 4.69) is 20.8 Å². The minimum atomic E-state index is 0.679. The van der Waals surface area contributed by atoms with Crippen molar-refractivity contribution in [2.45, 2.75) is 6.92 Å². The summed E-state index contributed by atoms with van der Waals surface area (Å²) in [6.07, 6.45) is 0. The molecule has 0 radical (unpaired) electrons. The van der Waals surface area contributed by atoms with E-state index in [0.717, 1.165) is 33.7 Å². The topological polar surface area (TPSA) is 74.9 Å². The lowest BCUT2D eigenvalue weighted by molar-refractivity contribution is 0.415. The summed E-state index contributed by atoms with van der Waals surface area (Å²) in [5, 5.41) is 16.4. The lowest BCUT2D eigenvalue weighted by atomic mass is 10.1. The second-order valence-electron chi connectivity index (χ2n) is 6.14. The lowest BCUT2D eigenvalue weighted by Crippen LogP contribution is -2.00. The molecule has 27 heavy (non-hydrogen) atoms. The van der Waals surface area contributed by atoms with Crippen LogP contribution in [0.5, 0.6) is 5.75 Å². The minimum Gasteiger partial charge on any atom is -0.497 e. The first-order valence-electron chi connectivity index (χ1n) is 8.41. The first kappa shape index (κ1) is 17.2. The van der Waals surface area contributed by atoms with Crippen molar-refractivity contribution < 1.29 is 4.74 Å². The van der Waals surface area contributed by atoms with Gasteiger partial charge in [-0.2, -0.15) is 5.10 Å². The van der Waals surface area contributed by atoms with Crippen molar-refractivity contribution in [3.63, 3.8) is 0 Å². The van der Waals surface area contributed by atoms with Crippen molar-refractivity contribution in [1.82, 2.24) is 15.2 Å². The molecule has 0 aliphatic carbocycles. The van der Waals surface area contributed by atoms with Crippen molar-refractivity contribution in [2.75, 3.05) is 17.7 Å². The number of aryl methyl sites for hydroxylation is 1. The Kier molecular flexibility index (Phi) is 4.56. The highest BCUT2D eigenvalue weighted by molar-refractivity contribution is 6.30. The van der Waals surface area contributed by atoms with Crippen LogP contribution in [-0.2, 0) is 0 Å². The third kappa shape index (κ3) is 3.80. The van der Waals surface area contributed by atoms with E-state index in [4.69, 9.17) is 21.3 Å². The van der Waals surface area contributed by atoms with Gasteiger partial charge in [0.2, 0.25) is 0 Å². The fourth-order valence-corrected chi connectivity index (χ4v) is 2.93. The summed E-state index contributed by atoms with van der Waals surface area (Å²) in [4.78, 5) is 4.73. The normalized spacial score (nSPS) is 10.8. The molecule has 6 nitrogen and oxygen atoms in total. The second kappa shape index (κ2) is 7.17. The zero-order valence-corrected chi connectivity index (χ0v) is 15.6. The summed E-state index contributed by atoms with van der Waals surface area (Å²) in [5.41, 5.74) is 1.87. The number of aromatic amines is 1. The van der Waals surface area contributed by atoms with Gasteiger partial charge in [0.15, 0.2) is 5.82 Å². The van der Waals surface area contributed by atoms with E-state index < -0.39 is 0 Å².